The molecule has 1 aromatic heterocycles. The molecule has 2 rings (SSSR count). The smallest absolute Gasteiger partial charge is 0.272 e. The molecule has 1 saturated heterocycles. The summed E-state index contributed by atoms with van der Waals surface area (Å²) in [5.74, 6) is -0.0336. The maximum Gasteiger partial charge on any atom is 0.272 e. The van der Waals surface area contributed by atoms with E-state index >= 15 is 0 Å². The standard InChI is InChI=1S/C15H23N3O2/c1-11-9-12(17-10-16-11)14(19)18-6-5-13(15(2,3)4)20-8-7-18/h9-10,13H,5-8H2,1-4H3. The van der Waals surface area contributed by atoms with Crippen LogP contribution in [0, 0.1) is 12.3 Å². The van der Waals surface area contributed by atoms with Crippen LogP contribution in [0.15, 0.2) is 12.4 Å². The van der Waals surface area contributed by atoms with Crippen molar-refractivity contribution in [2.45, 2.75) is 40.2 Å². The van der Waals surface area contributed by atoms with Crippen LogP contribution in [0.5, 0.6) is 0 Å². The Bertz CT molecular complexity index is 482. The van der Waals surface area contributed by atoms with E-state index < -0.39 is 0 Å². The molecule has 1 fully saturated rings. The van der Waals surface area contributed by atoms with Crippen molar-refractivity contribution >= 4 is 5.91 Å². The maximum absolute atomic E-state index is 12.4. The number of carbonyl (C=O) groups excluding carboxylic acids is 1. The highest BCUT2D eigenvalue weighted by atomic mass is 16.5. The molecule has 1 atom stereocenters. The average molecular weight is 277 g/mol. The van der Waals surface area contributed by atoms with E-state index in [1.165, 1.54) is 6.33 Å². The number of amides is 1. The SMILES string of the molecule is Cc1cc(C(=O)N2CCOC(C(C)(C)C)CC2)ncn1. The van der Waals surface area contributed by atoms with E-state index in [0.717, 1.165) is 12.1 Å². The van der Waals surface area contributed by atoms with Gasteiger partial charge in [-0.1, -0.05) is 20.8 Å². The van der Waals surface area contributed by atoms with Gasteiger partial charge in [0, 0.05) is 18.8 Å². The highest BCUT2D eigenvalue weighted by Crippen LogP contribution is 2.26. The van der Waals surface area contributed by atoms with E-state index in [9.17, 15) is 4.79 Å². The second-order valence-corrected chi connectivity index (χ2v) is 6.35. The fraction of sp³-hybridized carbons (Fsp3) is 0.667. The number of hydrogen-bond acceptors (Lipinski definition) is 4. The van der Waals surface area contributed by atoms with Gasteiger partial charge < -0.3 is 9.64 Å². The zero-order valence-electron chi connectivity index (χ0n) is 12.7. The minimum absolute atomic E-state index is 0.0336. The molecule has 0 bridgehead atoms. The maximum atomic E-state index is 12.4. The number of carbonyl (C=O) groups is 1. The first-order chi connectivity index (χ1) is 9.38. The van der Waals surface area contributed by atoms with E-state index in [1.54, 1.807) is 6.07 Å². The normalized spacial score (nSPS) is 20.6. The summed E-state index contributed by atoms with van der Waals surface area (Å²) in [4.78, 5) is 22.4. The van der Waals surface area contributed by atoms with E-state index in [2.05, 4.69) is 30.7 Å². The van der Waals surface area contributed by atoms with Crippen LogP contribution >= 0.6 is 0 Å². The Balaban J connectivity index is 2.05. The second-order valence-electron chi connectivity index (χ2n) is 6.35. The second kappa shape index (κ2) is 5.87. The molecule has 0 aliphatic carbocycles. The molecule has 1 aromatic rings. The summed E-state index contributed by atoms with van der Waals surface area (Å²) in [6.07, 6.45) is 2.49. The van der Waals surface area contributed by atoms with Crippen molar-refractivity contribution in [1.29, 1.82) is 0 Å². The third-order valence-electron chi connectivity index (χ3n) is 3.62. The lowest BCUT2D eigenvalue weighted by Gasteiger charge is -2.29. The molecule has 0 saturated carbocycles. The summed E-state index contributed by atoms with van der Waals surface area (Å²) in [6.45, 7) is 10.3. The van der Waals surface area contributed by atoms with Gasteiger partial charge in [-0.3, -0.25) is 4.79 Å². The lowest BCUT2D eigenvalue weighted by molar-refractivity contribution is -0.00973. The predicted octanol–water partition coefficient (Wildman–Crippen LogP) is 2.06. The topological polar surface area (TPSA) is 55.3 Å². The predicted molar refractivity (Wildman–Crippen MR) is 76.5 cm³/mol. The minimum Gasteiger partial charge on any atom is -0.376 e. The molecule has 5 nitrogen and oxygen atoms in total. The van der Waals surface area contributed by atoms with Crippen molar-refractivity contribution in [3.05, 3.63) is 23.8 Å². The minimum atomic E-state index is -0.0336. The largest absolute Gasteiger partial charge is 0.376 e. The van der Waals surface area contributed by atoms with Crippen LogP contribution in [0.25, 0.3) is 0 Å². The van der Waals surface area contributed by atoms with Crippen LogP contribution in [0.3, 0.4) is 0 Å². The number of ether oxygens (including phenoxy) is 1. The Morgan fingerprint density at radius 3 is 2.75 bits per heavy atom. The van der Waals surface area contributed by atoms with Crippen molar-refractivity contribution in [1.82, 2.24) is 14.9 Å². The average Bonchev–Trinajstić information content (AvgIpc) is 2.63. The van der Waals surface area contributed by atoms with Gasteiger partial charge in [-0.15, -0.1) is 0 Å². The van der Waals surface area contributed by atoms with Gasteiger partial charge in [0.25, 0.3) is 5.91 Å². The first-order valence-corrected chi connectivity index (χ1v) is 7.07. The van der Waals surface area contributed by atoms with Crippen molar-refractivity contribution < 1.29 is 9.53 Å². The molecule has 110 valence electrons. The Kier molecular flexibility index (Phi) is 4.38. The van der Waals surface area contributed by atoms with Crippen LogP contribution in [0.4, 0.5) is 0 Å². The van der Waals surface area contributed by atoms with E-state index in [4.69, 9.17) is 4.74 Å². The van der Waals surface area contributed by atoms with Crippen LogP contribution in [-0.4, -0.2) is 46.6 Å². The number of aryl methyl sites for hydroxylation is 1. The quantitative estimate of drug-likeness (QED) is 0.788. The van der Waals surface area contributed by atoms with E-state index in [-0.39, 0.29) is 17.4 Å². The molecule has 1 aliphatic rings. The first kappa shape index (κ1) is 14.9. The van der Waals surface area contributed by atoms with Gasteiger partial charge >= 0.3 is 0 Å². The number of aromatic nitrogens is 2. The Hall–Kier alpha value is -1.49. The molecule has 5 heteroatoms. The zero-order chi connectivity index (χ0) is 14.8. The summed E-state index contributed by atoms with van der Waals surface area (Å²) in [7, 11) is 0. The lowest BCUT2D eigenvalue weighted by Crippen LogP contribution is -2.34. The third-order valence-corrected chi connectivity index (χ3v) is 3.62. The first-order valence-electron chi connectivity index (χ1n) is 7.07. The molecular weight excluding hydrogens is 254 g/mol. The Morgan fingerprint density at radius 2 is 2.10 bits per heavy atom. The Labute approximate surface area is 120 Å². The molecule has 0 aromatic carbocycles. The van der Waals surface area contributed by atoms with Gasteiger partial charge in [-0.05, 0) is 24.8 Å². The van der Waals surface area contributed by atoms with Crippen LogP contribution < -0.4 is 0 Å². The number of hydrogen-bond donors (Lipinski definition) is 0. The summed E-state index contributed by atoms with van der Waals surface area (Å²) >= 11 is 0. The molecule has 1 aliphatic heterocycles. The van der Waals surface area contributed by atoms with E-state index in [1.807, 2.05) is 11.8 Å². The highest BCUT2D eigenvalue weighted by molar-refractivity contribution is 5.92. The van der Waals surface area contributed by atoms with Gasteiger partial charge in [-0.2, -0.15) is 0 Å². The molecule has 1 unspecified atom stereocenters. The van der Waals surface area contributed by atoms with Crippen molar-refractivity contribution in [3.63, 3.8) is 0 Å². The van der Waals surface area contributed by atoms with Crippen molar-refractivity contribution in [3.8, 4) is 0 Å². The molecule has 1 amide bonds. The van der Waals surface area contributed by atoms with Gasteiger partial charge in [0.15, 0.2) is 0 Å². The zero-order valence-corrected chi connectivity index (χ0v) is 12.7. The summed E-state index contributed by atoms with van der Waals surface area (Å²) in [6, 6.07) is 1.73. The molecule has 0 radical (unpaired) electrons. The fourth-order valence-electron chi connectivity index (χ4n) is 2.39. The Morgan fingerprint density at radius 1 is 1.35 bits per heavy atom. The monoisotopic (exact) mass is 277 g/mol. The third kappa shape index (κ3) is 3.54. The van der Waals surface area contributed by atoms with Gasteiger partial charge in [0.05, 0.1) is 12.7 Å². The highest BCUT2D eigenvalue weighted by Gasteiger charge is 2.29. The fourth-order valence-corrected chi connectivity index (χ4v) is 2.39. The molecule has 0 spiro atoms. The van der Waals surface area contributed by atoms with Gasteiger partial charge in [0.2, 0.25) is 0 Å². The van der Waals surface area contributed by atoms with Gasteiger partial charge in [0.1, 0.15) is 12.0 Å². The lowest BCUT2D eigenvalue weighted by atomic mass is 9.87. The molecule has 2 heterocycles. The van der Waals surface area contributed by atoms with Crippen LogP contribution in [0.2, 0.25) is 0 Å². The van der Waals surface area contributed by atoms with Gasteiger partial charge in [-0.25, -0.2) is 9.97 Å². The molecule has 0 N–H and O–H groups in total. The van der Waals surface area contributed by atoms with Crippen molar-refractivity contribution in [2.75, 3.05) is 19.7 Å². The number of nitrogens with zero attached hydrogens (tertiary/aromatic N) is 3. The summed E-state index contributed by atoms with van der Waals surface area (Å²) in [5.41, 5.74) is 1.37. The molecular formula is C15H23N3O2. The van der Waals surface area contributed by atoms with Crippen LogP contribution in [0.1, 0.15) is 43.4 Å². The summed E-state index contributed by atoms with van der Waals surface area (Å²) < 4.78 is 5.88. The van der Waals surface area contributed by atoms with Crippen LogP contribution in [-0.2, 0) is 4.74 Å². The molecule has 20 heavy (non-hydrogen) atoms. The van der Waals surface area contributed by atoms with Crippen molar-refractivity contribution in [2.24, 2.45) is 5.41 Å². The summed E-state index contributed by atoms with van der Waals surface area (Å²) in [5, 5.41) is 0. The van der Waals surface area contributed by atoms with E-state index in [0.29, 0.717) is 25.4 Å². The number of rotatable bonds is 1.